The van der Waals surface area contributed by atoms with Crippen molar-refractivity contribution in [3.8, 4) is 0 Å². The van der Waals surface area contributed by atoms with Gasteiger partial charge in [0.05, 0.1) is 11.5 Å². The van der Waals surface area contributed by atoms with E-state index >= 15 is 0 Å². The van der Waals surface area contributed by atoms with Crippen molar-refractivity contribution in [3.05, 3.63) is 35.4 Å². The predicted molar refractivity (Wildman–Crippen MR) is 85.1 cm³/mol. The number of hydrogen-bond donors (Lipinski definition) is 2. The normalized spacial score (nSPS) is 28.1. The van der Waals surface area contributed by atoms with Crippen molar-refractivity contribution < 1.29 is 4.79 Å². The van der Waals surface area contributed by atoms with E-state index in [-0.39, 0.29) is 17.4 Å². The van der Waals surface area contributed by atoms with Crippen LogP contribution in [0.5, 0.6) is 0 Å². The number of fused-ring (bicyclic) bond motifs is 1. The average molecular weight is 286 g/mol. The van der Waals surface area contributed by atoms with Gasteiger partial charge in [-0.3, -0.25) is 4.79 Å². The van der Waals surface area contributed by atoms with E-state index in [0.29, 0.717) is 0 Å². The van der Waals surface area contributed by atoms with E-state index in [2.05, 4.69) is 41.8 Å². The predicted octanol–water partition coefficient (Wildman–Crippen LogP) is 2.96. The first-order chi connectivity index (χ1) is 10.2. The molecule has 0 spiro atoms. The molecule has 1 amide bonds. The molecule has 0 aromatic heterocycles. The molecule has 1 aromatic carbocycles. The fourth-order valence-corrected chi connectivity index (χ4v) is 3.96. The van der Waals surface area contributed by atoms with Crippen molar-refractivity contribution in [2.24, 2.45) is 5.41 Å². The molecular formula is C18H26N2O. The molecule has 1 aliphatic carbocycles. The largest absolute Gasteiger partial charge is 0.349 e. The molecule has 21 heavy (non-hydrogen) atoms. The van der Waals surface area contributed by atoms with Crippen molar-refractivity contribution in [1.82, 2.24) is 10.6 Å². The summed E-state index contributed by atoms with van der Waals surface area (Å²) in [5, 5.41) is 6.74. The van der Waals surface area contributed by atoms with Crippen molar-refractivity contribution in [3.63, 3.8) is 0 Å². The summed E-state index contributed by atoms with van der Waals surface area (Å²) >= 11 is 0. The maximum Gasteiger partial charge on any atom is 0.228 e. The molecule has 3 heteroatoms. The molecule has 0 bridgehead atoms. The van der Waals surface area contributed by atoms with Gasteiger partial charge in [0.1, 0.15) is 0 Å². The van der Waals surface area contributed by atoms with Crippen molar-refractivity contribution >= 4 is 5.91 Å². The first-order valence-corrected chi connectivity index (χ1v) is 8.35. The SMILES string of the molecule is CCCC1(C(=O)NC2CCCc3ccccc32)CCNC1. The Hall–Kier alpha value is -1.35. The fourth-order valence-electron chi connectivity index (χ4n) is 3.96. The van der Waals surface area contributed by atoms with Crippen molar-refractivity contribution in [2.45, 2.75) is 51.5 Å². The zero-order valence-corrected chi connectivity index (χ0v) is 13.0. The van der Waals surface area contributed by atoms with Crippen molar-refractivity contribution in [1.29, 1.82) is 0 Å². The number of carbonyl (C=O) groups excluding carboxylic acids is 1. The summed E-state index contributed by atoms with van der Waals surface area (Å²) in [7, 11) is 0. The Labute approximate surface area is 127 Å². The number of hydrogen-bond acceptors (Lipinski definition) is 2. The molecule has 1 aromatic rings. The lowest BCUT2D eigenvalue weighted by atomic mass is 9.80. The van der Waals surface area contributed by atoms with Crippen LogP contribution in [0.1, 0.15) is 56.2 Å². The molecule has 1 aliphatic heterocycles. The molecule has 1 saturated heterocycles. The van der Waals surface area contributed by atoms with Crippen LogP contribution in [0.4, 0.5) is 0 Å². The summed E-state index contributed by atoms with van der Waals surface area (Å²) in [5.74, 6) is 0.260. The lowest BCUT2D eigenvalue weighted by molar-refractivity contribution is -0.131. The van der Waals surface area contributed by atoms with Crippen LogP contribution in [-0.4, -0.2) is 19.0 Å². The second kappa shape index (κ2) is 6.18. The molecule has 2 aliphatic rings. The topological polar surface area (TPSA) is 41.1 Å². The van der Waals surface area contributed by atoms with E-state index in [9.17, 15) is 4.79 Å². The molecule has 2 atom stereocenters. The summed E-state index contributed by atoms with van der Waals surface area (Å²) in [6.07, 6.45) is 6.40. The zero-order chi connectivity index (χ0) is 14.7. The Morgan fingerprint density at radius 3 is 3.05 bits per heavy atom. The van der Waals surface area contributed by atoms with Gasteiger partial charge in [0, 0.05) is 6.54 Å². The highest BCUT2D eigenvalue weighted by Crippen LogP contribution is 2.34. The third kappa shape index (κ3) is 2.84. The number of nitrogens with one attached hydrogen (secondary N) is 2. The van der Waals surface area contributed by atoms with Gasteiger partial charge in [-0.05, 0) is 49.8 Å². The van der Waals surface area contributed by atoms with Crippen molar-refractivity contribution in [2.75, 3.05) is 13.1 Å². The number of carbonyl (C=O) groups is 1. The van der Waals surface area contributed by atoms with E-state index in [1.54, 1.807) is 0 Å². The van der Waals surface area contributed by atoms with Gasteiger partial charge < -0.3 is 10.6 Å². The van der Waals surface area contributed by atoms with Crippen LogP contribution in [0.3, 0.4) is 0 Å². The second-order valence-electron chi connectivity index (χ2n) is 6.57. The zero-order valence-electron chi connectivity index (χ0n) is 13.0. The fraction of sp³-hybridized carbons (Fsp3) is 0.611. The molecule has 2 unspecified atom stereocenters. The summed E-state index contributed by atoms with van der Waals surface area (Å²) in [5.41, 5.74) is 2.55. The quantitative estimate of drug-likeness (QED) is 0.893. The van der Waals surface area contributed by atoms with E-state index in [1.165, 1.54) is 17.5 Å². The number of benzene rings is 1. The maximum atomic E-state index is 12.9. The maximum absolute atomic E-state index is 12.9. The minimum Gasteiger partial charge on any atom is -0.349 e. The van der Waals surface area contributed by atoms with E-state index in [0.717, 1.165) is 45.2 Å². The molecule has 3 nitrogen and oxygen atoms in total. The van der Waals surface area contributed by atoms with Gasteiger partial charge in [-0.2, -0.15) is 0 Å². The van der Waals surface area contributed by atoms with Crippen LogP contribution in [0.2, 0.25) is 0 Å². The summed E-state index contributed by atoms with van der Waals surface area (Å²) in [4.78, 5) is 12.9. The highest BCUT2D eigenvalue weighted by Gasteiger charge is 2.41. The van der Waals surface area contributed by atoms with Gasteiger partial charge in [-0.25, -0.2) is 0 Å². The molecule has 3 rings (SSSR count). The monoisotopic (exact) mass is 286 g/mol. The Morgan fingerprint density at radius 1 is 1.43 bits per heavy atom. The summed E-state index contributed by atoms with van der Waals surface area (Å²) < 4.78 is 0. The number of rotatable bonds is 4. The molecule has 2 N–H and O–H groups in total. The third-order valence-corrected chi connectivity index (χ3v) is 5.13. The number of aryl methyl sites for hydroxylation is 1. The van der Waals surface area contributed by atoms with Crippen LogP contribution < -0.4 is 10.6 Å². The Bertz CT molecular complexity index is 506. The smallest absolute Gasteiger partial charge is 0.228 e. The number of amides is 1. The first kappa shape index (κ1) is 14.6. The van der Waals surface area contributed by atoms with Crippen LogP contribution in [0.15, 0.2) is 24.3 Å². The van der Waals surface area contributed by atoms with E-state index < -0.39 is 0 Å². The highest BCUT2D eigenvalue weighted by molar-refractivity contribution is 5.83. The van der Waals surface area contributed by atoms with Crippen LogP contribution in [0, 0.1) is 5.41 Å². The lowest BCUT2D eigenvalue weighted by Crippen LogP contribution is -2.44. The average Bonchev–Trinajstić information content (AvgIpc) is 2.98. The Morgan fingerprint density at radius 2 is 2.29 bits per heavy atom. The van der Waals surface area contributed by atoms with Gasteiger partial charge >= 0.3 is 0 Å². The minimum atomic E-state index is -0.179. The molecule has 1 fully saturated rings. The first-order valence-electron chi connectivity index (χ1n) is 8.35. The second-order valence-corrected chi connectivity index (χ2v) is 6.57. The minimum absolute atomic E-state index is 0.179. The summed E-state index contributed by atoms with van der Waals surface area (Å²) in [6.45, 7) is 3.97. The van der Waals surface area contributed by atoms with Gasteiger partial charge in [0.2, 0.25) is 5.91 Å². The van der Waals surface area contributed by atoms with E-state index in [1.807, 2.05) is 0 Å². The van der Waals surface area contributed by atoms with Gasteiger partial charge in [0.15, 0.2) is 0 Å². The lowest BCUT2D eigenvalue weighted by Gasteiger charge is -2.32. The molecule has 0 radical (unpaired) electrons. The Kier molecular flexibility index (Phi) is 4.29. The van der Waals surface area contributed by atoms with Gasteiger partial charge in [-0.15, -0.1) is 0 Å². The highest BCUT2D eigenvalue weighted by atomic mass is 16.2. The van der Waals surface area contributed by atoms with Crippen LogP contribution >= 0.6 is 0 Å². The van der Waals surface area contributed by atoms with Gasteiger partial charge in [-0.1, -0.05) is 37.6 Å². The van der Waals surface area contributed by atoms with Crippen LogP contribution in [-0.2, 0) is 11.2 Å². The molecule has 0 saturated carbocycles. The third-order valence-electron chi connectivity index (χ3n) is 5.13. The molecule has 114 valence electrons. The van der Waals surface area contributed by atoms with Gasteiger partial charge in [0.25, 0.3) is 0 Å². The molecular weight excluding hydrogens is 260 g/mol. The standard InChI is InChI=1S/C18H26N2O/c1-2-10-18(11-12-19-13-18)17(21)20-16-9-5-7-14-6-3-4-8-15(14)16/h3-4,6,8,16,19H,2,5,7,9-13H2,1H3,(H,20,21). The Balaban J connectivity index is 1.76. The van der Waals surface area contributed by atoms with E-state index in [4.69, 9.17) is 0 Å². The molecule has 1 heterocycles. The summed E-state index contributed by atoms with van der Waals surface area (Å²) in [6, 6.07) is 8.77. The van der Waals surface area contributed by atoms with Crippen LogP contribution in [0.25, 0.3) is 0 Å².